The number of hydrogen-bond donors (Lipinski definition) is 2. The third-order valence-electron chi connectivity index (χ3n) is 5.40. The van der Waals surface area contributed by atoms with Crippen molar-refractivity contribution in [2.75, 3.05) is 0 Å². The zero-order valence-electron chi connectivity index (χ0n) is 12.4. The summed E-state index contributed by atoms with van der Waals surface area (Å²) >= 11 is 0. The normalized spacial score (nSPS) is 26.0. The maximum absolute atomic E-state index is 5.94. The van der Waals surface area contributed by atoms with Crippen LogP contribution in [0.15, 0.2) is 0 Å². The molecule has 106 valence electrons. The second-order valence-electron chi connectivity index (χ2n) is 7.27. The van der Waals surface area contributed by atoms with Crippen molar-refractivity contribution >= 4 is 0 Å². The van der Waals surface area contributed by atoms with Gasteiger partial charge in [-0.1, -0.05) is 52.4 Å². The molecule has 0 amide bonds. The van der Waals surface area contributed by atoms with E-state index in [1.165, 1.54) is 64.2 Å². The molecule has 0 aromatic heterocycles. The highest BCUT2D eigenvalue weighted by molar-refractivity contribution is 4.95. The van der Waals surface area contributed by atoms with E-state index >= 15 is 0 Å². The predicted octanol–water partition coefficient (Wildman–Crippen LogP) is 4.01. The van der Waals surface area contributed by atoms with Crippen molar-refractivity contribution in [2.45, 2.75) is 84.1 Å². The SMILES string of the molecule is CC(C)CC1(C(CC2CCCC2)NN)CCCC1. The summed E-state index contributed by atoms with van der Waals surface area (Å²) in [5.74, 6) is 7.68. The van der Waals surface area contributed by atoms with Gasteiger partial charge in [-0.2, -0.15) is 0 Å². The zero-order valence-corrected chi connectivity index (χ0v) is 12.4. The topological polar surface area (TPSA) is 38.0 Å². The van der Waals surface area contributed by atoms with Gasteiger partial charge in [0.05, 0.1) is 0 Å². The van der Waals surface area contributed by atoms with Crippen molar-refractivity contribution in [3.63, 3.8) is 0 Å². The van der Waals surface area contributed by atoms with Gasteiger partial charge >= 0.3 is 0 Å². The molecule has 0 aromatic rings. The Morgan fingerprint density at radius 3 is 2.22 bits per heavy atom. The Morgan fingerprint density at radius 1 is 1.11 bits per heavy atom. The van der Waals surface area contributed by atoms with Crippen LogP contribution in [-0.4, -0.2) is 6.04 Å². The quantitative estimate of drug-likeness (QED) is 0.554. The van der Waals surface area contributed by atoms with Crippen LogP contribution in [0.1, 0.15) is 78.1 Å². The van der Waals surface area contributed by atoms with Crippen molar-refractivity contribution in [1.29, 1.82) is 0 Å². The third kappa shape index (κ3) is 3.27. The largest absolute Gasteiger partial charge is 0.271 e. The van der Waals surface area contributed by atoms with E-state index in [1.54, 1.807) is 0 Å². The number of hydrazine groups is 1. The van der Waals surface area contributed by atoms with E-state index < -0.39 is 0 Å². The van der Waals surface area contributed by atoms with Gasteiger partial charge < -0.3 is 0 Å². The first-order valence-electron chi connectivity index (χ1n) is 8.12. The van der Waals surface area contributed by atoms with Crippen LogP contribution < -0.4 is 11.3 Å². The van der Waals surface area contributed by atoms with E-state index in [0.29, 0.717) is 11.5 Å². The molecular weight excluding hydrogens is 220 g/mol. The van der Waals surface area contributed by atoms with Gasteiger partial charge in [-0.25, -0.2) is 0 Å². The molecule has 2 aliphatic rings. The Balaban J connectivity index is 2.01. The number of nitrogens with one attached hydrogen (secondary N) is 1. The molecule has 0 bridgehead atoms. The second-order valence-corrected chi connectivity index (χ2v) is 7.27. The van der Waals surface area contributed by atoms with Gasteiger partial charge in [0.25, 0.3) is 0 Å². The smallest absolute Gasteiger partial charge is 0.0269 e. The highest BCUT2D eigenvalue weighted by atomic mass is 15.2. The van der Waals surface area contributed by atoms with Crippen LogP contribution in [0.25, 0.3) is 0 Å². The van der Waals surface area contributed by atoms with Gasteiger partial charge in [0.15, 0.2) is 0 Å². The molecule has 0 saturated heterocycles. The first-order valence-corrected chi connectivity index (χ1v) is 8.12. The standard InChI is InChI=1S/C16H32N2/c1-13(2)12-16(9-5-6-10-16)15(18-17)11-14-7-3-4-8-14/h13-15,18H,3-12,17H2,1-2H3. The molecular formula is C16H32N2. The number of rotatable bonds is 6. The summed E-state index contributed by atoms with van der Waals surface area (Å²) in [4.78, 5) is 0. The van der Waals surface area contributed by atoms with Crippen molar-refractivity contribution < 1.29 is 0 Å². The maximum atomic E-state index is 5.94. The molecule has 2 nitrogen and oxygen atoms in total. The minimum absolute atomic E-state index is 0.505. The average molecular weight is 252 g/mol. The van der Waals surface area contributed by atoms with Crippen molar-refractivity contribution in [1.82, 2.24) is 5.43 Å². The third-order valence-corrected chi connectivity index (χ3v) is 5.40. The molecule has 0 aliphatic heterocycles. The Labute approximate surface area is 113 Å². The molecule has 0 aromatic carbocycles. The fourth-order valence-corrected chi connectivity index (χ4v) is 4.66. The van der Waals surface area contributed by atoms with Gasteiger partial charge in [-0.15, -0.1) is 0 Å². The molecule has 1 unspecified atom stereocenters. The minimum atomic E-state index is 0.505. The first kappa shape index (κ1) is 14.3. The van der Waals surface area contributed by atoms with E-state index in [9.17, 15) is 0 Å². The van der Waals surface area contributed by atoms with Crippen LogP contribution in [0.2, 0.25) is 0 Å². The lowest BCUT2D eigenvalue weighted by Gasteiger charge is -2.40. The van der Waals surface area contributed by atoms with Gasteiger partial charge in [-0.3, -0.25) is 11.3 Å². The first-order chi connectivity index (χ1) is 8.66. The highest BCUT2D eigenvalue weighted by Gasteiger charge is 2.42. The maximum Gasteiger partial charge on any atom is 0.0269 e. The van der Waals surface area contributed by atoms with Crippen LogP contribution in [-0.2, 0) is 0 Å². The summed E-state index contributed by atoms with van der Waals surface area (Å²) in [7, 11) is 0. The molecule has 18 heavy (non-hydrogen) atoms. The van der Waals surface area contributed by atoms with E-state index in [1.807, 2.05) is 0 Å². The van der Waals surface area contributed by atoms with Crippen molar-refractivity contribution in [2.24, 2.45) is 23.1 Å². The fraction of sp³-hybridized carbons (Fsp3) is 1.00. The summed E-state index contributed by atoms with van der Waals surface area (Å²) in [5.41, 5.74) is 3.72. The molecule has 2 heteroatoms. The molecule has 2 saturated carbocycles. The number of nitrogens with two attached hydrogens (primary N) is 1. The summed E-state index contributed by atoms with van der Waals surface area (Å²) in [6.45, 7) is 4.73. The van der Waals surface area contributed by atoms with E-state index in [2.05, 4.69) is 19.3 Å². The Morgan fingerprint density at radius 2 is 1.72 bits per heavy atom. The Hall–Kier alpha value is -0.0800. The lowest BCUT2D eigenvalue weighted by atomic mass is 9.70. The highest BCUT2D eigenvalue weighted by Crippen LogP contribution is 2.48. The molecule has 1 atom stereocenters. The van der Waals surface area contributed by atoms with Crippen LogP contribution in [0.3, 0.4) is 0 Å². The van der Waals surface area contributed by atoms with Gasteiger partial charge in [0.1, 0.15) is 0 Å². The second kappa shape index (κ2) is 6.38. The number of hydrogen-bond acceptors (Lipinski definition) is 2. The van der Waals surface area contributed by atoms with Crippen LogP contribution >= 0.6 is 0 Å². The molecule has 0 radical (unpaired) electrons. The van der Waals surface area contributed by atoms with Gasteiger partial charge in [0, 0.05) is 6.04 Å². The summed E-state index contributed by atoms with van der Waals surface area (Å²) in [5, 5.41) is 0. The molecule has 2 aliphatic carbocycles. The van der Waals surface area contributed by atoms with E-state index in [4.69, 9.17) is 5.84 Å². The molecule has 2 fully saturated rings. The molecule has 3 N–H and O–H groups in total. The molecule has 2 rings (SSSR count). The van der Waals surface area contributed by atoms with Gasteiger partial charge in [-0.05, 0) is 42.9 Å². The minimum Gasteiger partial charge on any atom is -0.271 e. The van der Waals surface area contributed by atoms with E-state index in [0.717, 1.165) is 11.8 Å². The van der Waals surface area contributed by atoms with E-state index in [-0.39, 0.29) is 0 Å². The summed E-state index contributed by atoms with van der Waals surface area (Å²) in [6.07, 6.45) is 14.1. The summed E-state index contributed by atoms with van der Waals surface area (Å²) in [6, 6.07) is 0.561. The molecule has 0 heterocycles. The fourth-order valence-electron chi connectivity index (χ4n) is 4.66. The van der Waals surface area contributed by atoms with Crippen molar-refractivity contribution in [3.05, 3.63) is 0 Å². The van der Waals surface area contributed by atoms with Crippen LogP contribution in [0, 0.1) is 17.3 Å². The Bertz CT molecular complexity index is 237. The van der Waals surface area contributed by atoms with Crippen LogP contribution in [0.4, 0.5) is 0 Å². The lowest BCUT2D eigenvalue weighted by Crippen LogP contribution is -2.48. The van der Waals surface area contributed by atoms with Gasteiger partial charge in [0.2, 0.25) is 0 Å². The van der Waals surface area contributed by atoms with Crippen LogP contribution in [0.5, 0.6) is 0 Å². The average Bonchev–Trinajstić information content (AvgIpc) is 2.96. The molecule has 0 spiro atoms. The zero-order chi connectivity index (χ0) is 13.0. The lowest BCUT2D eigenvalue weighted by molar-refractivity contribution is 0.134. The Kier molecular flexibility index (Phi) is 5.08. The van der Waals surface area contributed by atoms with Crippen molar-refractivity contribution in [3.8, 4) is 0 Å². The predicted molar refractivity (Wildman–Crippen MR) is 78.0 cm³/mol. The monoisotopic (exact) mass is 252 g/mol. The summed E-state index contributed by atoms with van der Waals surface area (Å²) < 4.78 is 0.